The fourth-order valence-corrected chi connectivity index (χ4v) is 4.75. The maximum absolute atomic E-state index is 12.7. The van der Waals surface area contributed by atoms with Gasteiger partial charge in [-0.15, -0.1) is 0 Å². The van der Waals surface area contributed by atoms with Crippen molar-refractivity contribution in [1.82, 2.24) is 24.5 Å². The predicted octanol–water partition coefficient (Wildman–Crippen LogP) is 1.78. The first kappa shape index (κ1) is 18.8. The van der Waals surface area contributed by atoms with E-state index in [1.165, 1.54) is 6.42 Å². The second-order valence-corrected chi connectivity index (χ2v) is 8.24. The van der Waals surface area contributed by atoms with Crippen LogP contribution in [-0.4, -0.2) is 41.3 Å². The largest absolute Gasteiger partial charge is 0.341 e. The highest BCUT2D eigenvalue weighted by atomic mass is 32.2. The number of anilines is 1. The molecule has 0 saturated carbocycles. The molecule has 0 unspecified atom stereocenters. The van der Waals surface area contributed by atoms with Crippen molar-refractivity contribution >= 4 is 16.0 Å². The van der Waals surface area contributed by atoms with Gasteiger partial charge in [-0.2, -0.15) is 5.10 Å². The highest BCUT2D eigenvalue weighted by Gasteiger charge is 2.24. The Balaban J connectivity index is 1.75. The lowest BCUT2D eigenvalue weighted by atomic mass is 10.1. The Kier molecular flexibility index (Phi) is 5.57. The molecule has 2 aromatic heterocycles. The van der Waals surface area contributed by atoms with Gasteiger partial charge in [0.25, 0.3) is 0 Å². The maximum Gasteiger partial charge on any atom is 0.244 e. The topological polar surface area (TPSA) is 93.0 Å². The molecule has 1 saturated heterocycles. The summed E-state index contributed by atoms with van der Waals surface area (Å²) in [7, 11) is -3.65. The number of sulfonamides is 1. The van der Waals surface area contributed by atoms with E-state index in [2.05, 4.69) is 24.7 Å². The molecule has 0 amide bonds. The van der Waals surface area contributed by atoms with Crippen molar-refractivity contribution in [3.63, 3.8) is 0 Å². The summed E-state index contributed by atoms with van der Waals surface area (Å²) < 4.78 is 29.8. The molecule has 142 valence electrons. The van der Waals surface area contributed by atoms with Crippen molar-refractivity contribution in [1.29, 1.82) is 0 Å². The van der Waals surface area contributed by atoms with Crippen molar-refractivity contribution < 1.29 is 8.42 Å². The summed E-state index contributed by atoms with van der Waals surface area (Å²) in [6, 6.07) is 1.74. The van der Waals surface area contributed by atoms with Crippen molar-refractivity contribution in [3.8, 4) is 0 Å². The second-order valence-electron chi connectivity index (χ2n) is 6.54. The van der Waals surface area contributed by atoms with E-state index < -0.39 is 10.0 Å². The van der Waals surface area contributed by atoms with Gasteiger partial charge in [0.05, 0.1) is 23.6 Å². The van der Waals surface area contributed by atoms with E-state index >= 15 is 0 Å². The fourth-order valence-electron chi connectivity index (χ4n) is 3.35. The van der Waals surface area contributed by atoms with E-state index in [4.69, 9.17) is 0 Å². The van der Waals surface area contributed by atoms with E-state index in [9.17, 15) is 8.42 Å². The van der Waals surface area contributed by atoms with E-state index in [0.29, 0.717) is 29.6 Å². The van der Waals surface area contributed by atoms with Crippen molar-refractivity contribution in [2.24, 2.45) is 0 Å². The van der Waals surface area contributed by atoms with Gasteiger partial charge in [0.2, 0.25) is 16.0 Å². The molecule has 26 heavy (non-hydrogen) atoms. The monoisotopic (exact) mass is 378 g/mol. The smallest absolute Gasteiger partial charge is 0.244 e. The molecular weight excluding hydrogens is 352 g/mol. The van der Waals surface area contributed by atoms with Crippen LogP contribution in [0.2, 0.25) is 0 Å². The molecule has 3 rings (SSSR count). The van der Waals surface area contributed by atoms with Gasteiger partial charge >= 0.3 is 0 Å². The van der Waals surface area contributed by atoms with Crippen molar-refractivity contribution in [3.05, 3.63) is 29.3 Å². The van der Waals surface area contributed by atoms with Crippen LogP contribution < -0.4 is 9.62 Å². The minimum Gasteiger partial charge on any atom is -0.341 e. The molecule has 1 aliphatic rings. The summed E-state index contributed by atoms with van der Waals surface area (Å²) in [6.07, 6.45) is 5.20. The molecule has 0 radical (unpaired) electrons. The van der Waals surface area contributed by atoms with Crippen LogP contribution in [0.15, 0.2) is 17.2 Å². The van der Waals surface area contributed by atoms with Crippen LogP contribution in [0.5, 0.6) is 0 Å². The third-order valence-electron chi connectivity index (χ3n) is 4.67. The van der Waals surface area contributed by atoms with E-state index in [0.717, 1.165) is 25.9 Å². The van der Waals surface area contributed by atoms with Gasteiger partial charge in [-0.25, -0.2) is 23.1 Å². The SMILES string of the molecule is CCn1nc(C)c(S(=O)(=O)NCc2ccnc(N3CCCCC3)n2)c1C. The van der Waals surface area contributed by atoms with Crippen LogP contribution in [0.3, 0.4) is 0 Å². The third-order valence-corrected chi connectivity index (χ3v) is 6.32. The minimum absolute atomic E-state index is 0.127. The number of hydrogen-bond donors (Lipinski definition) is 1. The average Bonchev–Trinajstić information content (AvgIpc) is 2.95. The van der Waals surface area contributed by atoms with Crippen LogP contribution in [0, 0.1) is 13.8 Å². The molecule has 3 heterocycles. The Morgan fingerprint density at radius 1 is 1.19 bits per heavy atom. The van der Waals surface area contributed by atoms with E-state index in [-0.39, 0.29) is 11.4 Å². The maximum atomic E-state index is 12.7. The van der Waals surface area contributed by atoms with Crippen LogP contribution in [0.25, 0.3) is 0 Å². The first-order chi connectivity index (χ1) is 12.4. The molecule has 0 atom stereocenters. The van der Waals surface area contributed by atoms with Gasteiger partial charge in [0, 0.05) is 25.8 Å². The van der Waals surface area contributed by atoms with Crippen LogP contribution in [-0.2, 0) is 23.1 Å². The number of aromatic nitrogens is 4. The highest BCUT2D eigenvalue weighted by molar-refractivity contribution is 7.89. The van der Waals surface area contributed by atoms with Gasteiger partial charge < -0.3 is 4.90 Å². The molecule has 0 spiro atoms. The zero-order valence-corrected chi connectivity index (χ0v) is 16.4. The molecule has 0 aliphatic carbocycles. The Labute approximate surface area is 154 Å². The van der Waals surface area contributed by atoms with E-state index in [1.807, 2.05) is 6.92 Å². The molecular formula is C17H26N6O2S. The first-order valence-corrected chi connectivity index (χ1v) is 10.5. The van der Waals surface area contributed by atoms with Crippen molar-refractivity contribution in [2.75, 3.05) is 18.0 Å². The van der Waals surface area contributed by atoms with E-state index in [1.54, 1.807) is 30.8 Å². The van der Waals surface area contributed by atoms with Crippen LogP contribution in [0.1, 0.15) is 43.3 Å². The average molecular weight is 379 g/mol. The van der Waals surface area contributed by atoms with Crippen LogP contribution >= 0.6 is 0 Å². The Morgan fingerprint density at radius 3 is 2.58 bits per heavy atom. The van der Waals surface area contributed by atoms with Gasteiger partial charge in [-0.3, -0.25) is 4.68 Å². The lowest BCUT2D eigenvalue weighted by Crippen LogP contribution is -2.31. The summed E-state index contributed by atoms with van der Waals surface area (Å²) in [5.41, 5.74) is 1.81. The highest BCUT2D eigenvalue weighted by Crippen LogP contribution is 2.20. The van der Waals surface area contributed by atoms with Gasteiger partial charge in [-0.05, 0) is 46.1 Å². The minimum atomic E-state index is -3.65. The molecule has 8 nitrogen and oxygen atoms in total. The molecule has 9 heteroatoms. The third kappa shape index (κ3) is 3.88. The lowest BCUT2D eigenvalue weighted by molar-refractivity contribution is 0.565. The number of aryl methyl sites for hydroxylation is 2. The molecule has 1 N–H and O–H groups in total. The standard InChI is InChI=1S/C17H26N6O2S/c1-4-23-14(3)16(13(2)21-23)26(24,25)19-12-15-8-9-18-17(20-15)22-10-6-5-7-11-22/h8-9,19H,4-7,10-12H2,1-3H3. The Morgan fingerprint density at radius 2 is 1.92 bits per heavy atom. The number of nitrogens with one attached hydrogen (secondary N) is 1. The summed E-state index contributed by atoms with van der Waals surface area (Å²) in [6.45, 7) is 8.08. The molecule has 0 bridgehead atoms. The zero-order valence-electron chi connectivity index (χ0n) is 15.6. The molecule has 0 aromatic carbocycles. The Bertz CT molecular complexity index is 871. The van der Waals surface area contributed by atoms with Gasteiger partial charge in [0.15, 0.2) is 0 Å². The second kappa shape index (κ2) is 7.71. The van der Waals surface area contributed by atoms with Gasteiger partial charge in [-0.1, -0.05) is 0 Å². The Hall–Kier alpha value is -2.00. The summed E-state index contributed by atoms with van der Waals surface area (Å²) in [5, 5.41) is 4.29. The summed E-state index contributed by atoms with van der Waals surface area (Å²) in [4.78, 5) is 11.3. The first-order valence-electron chi connectivity index (χ1n) is 9.03. The fraction of sp³-hybridized carbons (Fsp3) is 0.588. The van der Waals surface area contributed by atoms with Crippen LogP contribution in [0.4, 0.5) is 5.95 Å². The molecule has 1 aliphatic heterocycles. The predicted molar refractivity (Wildman–Crippen MR) is 99.5 cm³/mol. The summed E-state index contributed by atoms with van der Waals surface area (Å²) >= 11 is 0. The normalized spacial score (nSPS) is 15.4. The zero-order chi connectivity index (χ0) is 18.7. The number of rotatable bonds is 6. The summed E-state index contributed by atoms with van der Waals surface area (Å²) in [5.74, 6) is 0.674. The molecule has 2 aromatic rings. The number of hydrogen-bond acceptors (Lipinski definition) is 6. The lowest BCUT2D eigenvalue weighted by Gasteiger charge is -2.26. The quantitative estimate of drug-likeness (QED) is 0.824. The van der Waals surface area contributed by atoms with Crippen molar-refractivity contribution in [2.45, 2.75) is 58.0 Å². The molecule has 1 fully saturated rings. The number of piperidine rings is 1. The number of nitrogens with zero attached hydrogens (tertiary/aromatic N) is 5. The van der Waals surface area contributed by atoms with Gasteiger partial charge in [0.1, 0.15) is 4.90 Å².